The van der Waals surface area contributed by atoms with E-state index in [-0.39, 0.29) is 30.6 Å². The number of thioether (sulfide) groups is 1. The fourth-order valence-corrected chi connectivity index (χ4v) is 3.88. The number of hydrogen-bond acceptors (Lipinski definition) is 5. The fraction of sp³-hybridized carbons (Fsp3) is 0.810. The molecule has 2 atom stereocenters. The number of carboxylic acid groups (broad SMARTS) is 1. The molecule has 2 N–H and O–H groups in total. The van der Waals surface area contributed by atoms with Crippen LogP contribution in [0.25, 0.3) is 0 Å². The first-order chi connectivity index (χ1) is 14.3. The molecule has 0 bridgehead atoms. The van der Waals surface area contributed by atoms with Gasteiger partial charge in [0.2, 0.25) is 17.7 Å². The van der Waals surface area contributed by atoms with E-state index in [1.807, 2.05) is 0 Å². The summed E-state index contributed by atoms with van der Waals surface area (Å²) in [5.74, 6) is -0.0127. The van der Waals surface area contributed by atoms with Crippen LogP contribution in [-0.4, -0.2) is 64.0 Å². The Labute approximate surface area is 187 Å². The smallest absolute Gasteiger partial charge is 0.304 e. The summed E-state index contributed by atoms with van der Waals surface area (Å²) in [6.07, 6.45) is 6.28. The Morgan fingerprint density at radius 2 is 1.87 bits per heavy atom. The Hall–Kier alpha value is -1.14. The molecule has 0 aliphatic carbocycles. The van der Waals surface area contributed by atoms with Gasteiger partial charge in [0.15, 0.2) is 0 Å². The maximum atomic E-state index is 12.2. The van der Waals surface area contributed by atoms with Crippen LogP contribution in [0.4, 0.5) is 0 Å². The lowest BCUT2D eigenvalue weighted by Crippen LogP contribution is -2.32. The van der Waals surface area contributed by atoms with Gasteiger partial charge in [0.1, 0.15) is 0 Å². The Kier molecular flexibility index (Phi) is 16.9. The molecule has 2 unspecified atom stereocenters. The summed E-state index contributed by atoms with van der Waals surface area (Å²) in [5.41, 5.74) is 0. The molecule has 30 heavy (non-hydrogen) atoms. The summed E-state index contributed by atoms with van der Waals surface area (Å²) in [6, 6.07) is 0. The van der Waals surface area contributed by atoms with Crippen molar-refractivity contribution < 1.29 is 24.3 Å². The average Bonchev–Trinajstić information content (AvgIpc) is 2.98. The number of carbonyl (C=O) groups excluding carboxylic acids is 3. The summed E-state index contributed by atoms with van der Waals surface area (Å²) in [7, 11) is 2.55. The highest BCUT2D eigenvalue weighted by molar-refractivity contribution is 8.00. The van der Waals surface area contributed by atoms with Gasteiger partial charge in [-0.25, -0.2) is 0 Å². The first-order valence-electron chi connectivity index (χ1n) is 10.9. The van der Waals surface area contributed by atoms with Crippen molar-refractivity contribution in [3.05, 3.63) is 0 Å². The van der Waals surface area contributed by atoms with E-state index in [9.17, 15) is 19.2 Å². The highest BCUT2D eigenvalue weighted by atomic mass is 32.2. The number of imide groups is 1. The second-order valence-corrected chi connectivity index (χ2v) is 9.35. The predicted molar refractivity (Wildman–Crippen MR) is 126 cm³/mol. The van der Waals surface area contributed by atoms with E-state index in [1.54, 1.807) is 0 Å². The lowest BCUT2D eigenvalue weighted by Gasteiger charge is -2.14. The van der Waals surface area contributed by atoms with E-state index in [2.05, 4.69) is 35.3 Å². The molecule has 9 heteroatoms. The monoisotopic (exact) mass is 462 g/mol. The third-order valence-electron chi connectivity index (χ3n) is 4.98. The van der Waals surface area contributed by atoms with Crippen molar-refractivity contribution in [2.75, 3.05) is 25.0 Å². The van der Waals surface area contributed by atoms with Crippen LogP contribution in [0.15, 0.2) is 0 Å². The quantitative estimate of drug-likeness (QED) is 0.233. The first-order valence-corrected chi connectivity index (χ1v) is 12.8. The van der Waals surface area contributed by atoms with Crippen LogP contribution in [0.5, 0.6) is 0 Å². The maximum Gasteiger partial charge on any atom is 0.304 e. The van der Waals surface area contributed by atoms with E-state index < -0.39 is 11.2 Å². The molecule has 1 aliphatic rings. The van der Waals surface area contributed by atoms with Crippen molar-refractivity contribution in [1.82, 2.24) is 10.2 Å². The van der Waals surface area contributed by atoms with Crippen molar-refractivity contribution in [2.24, 2.45) is 5.92 Å². The molecule has 3 amide bonds. The lowest BCUT2D eigenvalue weighted by molar-refractivity contribution is -0.139. The molecule has 1 aliphatic heterocycles. The van der Waals surface area contributed by atoms with Gasteiger partial charge < -0.3 is 10.4 Å². The largest absolute Gasteiger partial charge is 0.481 e. The minimum Gasteiger partial charge on any atom is -0.481 e. The van der Waals surface area contributed by atoms with Gasteiger partial charge in [-0.15, -0.1) is 21.0 Å². The molecule has 174 valence electrons. The molecule has 0 spiro atoms. The predicted octanol–water partition coefficient (Wildman–Crippen LogP) is 3.32. The summed E-state index contributed by atoms with van der Waals surface area (Å²) in [4.78, 5) is 47.2. The van der Waals surface area contributed by atoms with Gasteiger partial charge in [-0.2, -0.15) is 0 Å². The van der Waals surface area contributed by atoms with Gasteiger partial charge in [-0.3, -0.25) is 24.1 Å². The number of amides is 3. The van der Waals surface area contributed by atoms with Crippen LogP contribution in [0, 0.1) is 5.92 Å². The number of nitrogens with one attached hydrogen (secondary N) is 1. The van der Waals surface area contributed by atoms with Gasteiger partial charge in [0.05, 0.1) is 11.7 Å². The maximum absolute atomic E-state index is 12.2. The topological polar surface area (TPSA) is 104 Å². The van der Waals surface area contributed by atoms with Gasteiger partial charge in [0, 0.05) is 31.7 Å². The number of aliphatic carboxylic acids is 1. The van der Waals surface area contributed by atoms with E-state index in [1.165, 1.54) is 29.5 Å². The summed E-state index contributed by atoms with van der Waals surface area (Å²) >= 11 is 1.24. The Bertz CT molecular complexity index is 543. The molecule has 7 nitrogen and oxygen atoms in total. The zero-order chi connectivity index (χ0) is 22.9. The number of nitrogens with zero attached hydrogens (tertiary/aromatic N) is 1. The minimum absolute atomic E-state index is 0.0125. The standard InChI is InChI=1S/C15H25N2O5PS.C6H14/c18-12(16-6-8-23)4-2-1-3-7-17-13(19)10-11(15(17)22)24-9-5-14(20)21;1-4-6(3)5-2/h11H,1-10,23H2,(H,16,18)(H,20,21);6H,4-5H2,1-3H3. The van der Waals surface area contributed by atoms with Crippen LogP contribution in [0.1, 0.15) is 72.1 Å². The van der Waals surface area contributed by atoms with Crippen molar-refractivity contribution in [3.8, 4) is 0 Å². The second-order valence-electron chi connectivity index (χ2n) is 7.46. The molecule has 1 fully saturated rings. The Balaban J connectivity index is 0.00000122. The summed E-state index contributed by atoms with van der Waals surface area (Å²) in [5, 5.41) is 10.9. The SMILES string of the molecule is CCC(C)CC.O=C(O)CCSC1CC(=O)N(CCCCCC(=O)NCCP)C1=O. The van der Waals surface area contributed by atoms with Crippen LogP contribution in [0.3, 0.4) is 0 Å². The van der Waals surface area contributed by atoms with Gasteiger partial charge in [-0.1, -0.05) is 40.0 Å². The second kappa shape index (κ2) is 17.5. The number of carboxylic acids is 1. The number of unbranched alkanes of at least 4 members (excludes halogenated alkanes) is 2. The van der Waals surface area contributed by atoms with E-state index in [0.717, 1.165) is 24.9 Å². The highest BCUT2D eigenvalue weighted by Gasteiger charge is 2.38. The van der Waals surface area contributed by atoms with Gasteiger partial charge in [-0.05, 0) is 24.9 Å². The fourth-order valence-electron chi connectivity index (χ4n) is 2.63. The zero-order valence-corrected chi connectivity index (χ0v) is 20.6. The molecule has 1 saturated heterocycles. The molecule has 0 saturated carbocycles. The molecule has 0 aromatic heterocycles. The molecular formula is C21H39N2O5PS. The molecule has 1 rings (SSSR count). The molecule has 0 aromatic carbocycles. The van der Waals surface area contributed by atoms with Crippen LogP contribution in [0.2, 0.25) is 0 Å². The van der Waals surface area contributed by atoms with E-state index in [4.69, 9.17) is 5.11 Å². The number of rotatable bonds is 14. The van der Waals surface area contributed by atoms with Crippen molar-refractivity contribution in [3.63, 3.8) is 0 Å². The van der Waals surface area contributed by atoms with Crippen molar-refractivity contribution in [2.45, 2.75) is 77.4 Å². The number of carbonyl (C=O) groups is 4. The van der Waals surface area contributed by atoms with Crippen LogP contribution in [-0.2, 0) is 19.2 Å². The summed E-state index contributed by atoms with van der Waals surface area (Å²) in [6.45, 7) is 7.77. The highest BCUT2D eigenvalue weighted by Crippen LogP contribution is 2.26. The van der Waals surface area contributed by atoms with E-state index >= 15 is 0 Å². The molecule has 1 heterocycles. The van der Waals surface area contributed by atoms with Crippen molar-refractivity contribution in [1.29, 1.82) is 0 Å². The number of likely N-dealkylation sites (tertiary alicyclic amines) is 1. The zero-order valence-electron chi connectivity index (χ0n) is 18.7. The van der Waals surface area contributed by atoms with Crippen LogP contribution < -0.4 is 5.32 Å². The summed E-state index contributed by atoms with van der Waals surface area (Å²) < 4.78 is 0. The van der Waals surface area contributed by atoms with Gasteiger partial charge in [0.25, 0.3) is 0 Å². The molecular weight excluding hydrogens is 423 g/mol. The Morgan fingerprint density at radius 3 is 2.40 bits per heavy atom. The third-order valence-corrected chi connectivity index (χ3v) is 6.48. The first kappa shape index (κ1) is 28.9. The number of hydrogen-bond donors (Lipinski definition) is 2. The van der Waals surface area contributed by atoms with Gasteiger partial charge >= 0.3 is 5.97 Å². The average molecular weight is 463 g/mol. The molecule has 0 radical (unpaired) electrons. The van der Waals surface area contributed by atoms with E-state index in [0.29, 0.717) is 31.7 Å². The molecule has 0 aromatic rings. The normalized spacial score (nSPS) is 15.9. The van der Waals surface area contributed by atoms with Crippen LogP contribution >= 0.6 is 21.0 Å². The lowest BCUT2D eigenvalue weighted by atomic mass is 10.1. The minimum atomic E-state index is -0.905. The Morgan fingerprint density at radius 1 is 1.20 bits per heavy atom. The third kappa shape index (κ3) is 13.2. The van der Waals surface area contributed by atoms with Crippen molar-refractivity contribution >= 4 is 44.7 Å².